The molecule has 0 saturated carbocycles. The van der Waals surface area contributed by atoms with Crippen LogP contribution in [0.15, 0.2) is 30.5 Å². The van der Waals surface area contributed by atoms with Crippen LogP contribution in [0.4, 0.5) is 10.1 Å². The first-order chi connectivity index (χ1) is 14.7. The summed E-state index contributed by atoms with van der Waals surface area (Å²) in [5.74, 6) is -0.446. The molecule has 1 aromatic carbocycles. The predicted molar refractivity (Wildman–Crippen MR) is 117 cm³/mol. The van der Waals surface area contributed by atoms with Gasteiger partial charge in [-0.05, 0) is 63.8 Å². The maximum atomic E-state index is 15.5. The topological polar surface area (TPSA) is 54.9 Å². The minimum Gasteiger partial charge on any atom is -0.399 e. The highest BCUT2D eigenvalue weighted by Gasteiger charge is 2.52. The molecule has 0 bridgehead atoms. The number of rotatable bonds is 4. The number of anilines is 1. The summed E-state index contributed by atoms with van der Waals surface area (Å²) in [6.07, 6.45) is 2.75. The molecule has 4 heterocycles. The average Bonchev–Trinajstić information content (AvgIpc) is 3.09. The lowest BCUT2D eigenvalue weighted by molar-refractivity contribution is 0.00578. The fourth-order valence-corrected chi connectivity index (χ4v) is 4.25. The Morgan fingerprint density at radius 2 is 1.87 bits per heavy atom. The van der Waals surface area contributed by atoms with E-state index in [1.54, 1.807) is 23.2 Å². The summed E-state index contributed by atoms with van der Waals surface area (Å²) in [7, 11) is -0.629. The summed E-state index contributed by atoms with van der Waals surface area (Å²) in [5, 5.41) is 0. The lowest BCUT2D eigenvalue weighted by Crippen LogP contribution is -2.41. The van der Waals surface area contributed by atoms with Gasteiger partial charge >= 0.3 is 7.12 Å². The minimum atomic E-state index is -0.629. The molecule has 0 spiro atoms. The third kappa shape index (κ3) is 3.33. The molecule has 2 saturated heterocycles. The third-order valence-electron chi connectivity index (χ3n) is 7.01. The quantitative estimate of drug-likeness (QED) is 0.708. The number of benzene rings is 1. The second kappa shape index (κ2) is 7.03. The summed E-state index contributed by atoms with van der Waals surface area (Å²) in [6.45, 7) is 10.3. The molecule has 2 aromatic rings. The number of pyridine rings is 1. The van der Waals surface area contributed by atoms with Crippen molar-refractivity contribution < 1.29 is 18.5 Å². The van der Waals surface area contributed by atoms with Gasteiger partial charge in [0.1, 0.15) is 5.82 Å². The molecule has 3 aliphatic heterocycles. The van der Waals surface area contributed by atoms with Crippen molar-refractivity contribution in [3.05, 3.63) is 53.1 Å². The molecule has 0 atom stereocenters. The number of fused-ring (bicyclic) bond motifs is 1. The summed E-state index contributed by atoms with van der Waals surface area (Å²) in [4.78, 5) is 20.9. The van der Waals surface area contributed by atoms with Gasteiger partial charge in [0.25, 0.3) is 5.91 Å². The van der Waals surface area contributed by atoms with Crippen molar-refractivity contribution in [1.82, 2.24) is 9.88 Å². The number of carbonyl (C=O) groups is 1. The van der Waals surface area contributed by atoms with Crippen LogP contribution in [0.2, 0.25) is 0 Å². The van der Waals surface area contributed by atoms with Crippen molar-refractivity contribution in [3.8, 4) is 0 Å². The monoisotopic (exact) mass is 423 g/mol. The summed E-state index contributed by atoms with van der Waals surface area (Å²) in [5.41, 5.74) is 2.36. The summed E-state index contributed by atoms with van der Waals surface area (Å²) in [6, 6.07) is 6.99. The zero-order chi connectivity index (χ0) is 22.0. The first-order valence-corrected chi connectivity index (χ1v) is 10.8. The smallest absolute Gasteiger partial charge is 0.399 e. The number of hydrogen-bond donors (Lipinski definition) is 0. The van der Waals surface area contributed by atoms with Crippen LogP contribution in [0, 0.1) is 5.82 Å². The van der Waals surface area contributed by atoms with Crippen LogP contribution in [0.5, 0.6) is 0 Å². The van der Waals surface area contributed by atoms with Gasteiger partial charge in [-0.25, -0.2) is 4.39 Å². The second-order valence-corrected chi connectivity index (χ2v) is 9.59. The van der Waals surface area contributed by atoms with Crippen LogP contribution in [0.3, 0.4) is 0 Å². The van der Waals surface area contributed by atoms with Gasteiger partial charge in [-0.3, -0.25) is 9.78 Å². The molecular weight excluding hydrogens is 396 g/mol. The molecule has 3 aliphatic rings. The fraction of sp³-hybridized carbons (Fsp3) is 0.478. The number of halogens is 1. The number of carbonyl (C=O) groups excluding carboxylic acids is 1. The minimum absolute atomic E-state index is 0.105. The molecule has 162 valence electrons. The highest BCUT2D eigenvalue weighted by Crippen LogP contribution is 2.37. The van der Waals surface area contributed by atoms with Crippen LogP contribution in [-0.2, 0) is 22.4 Å². The largest absolute Gasteiger partial charge is 0.495 e. The Balaban J connectivity index is 1.47. The Hall–Kier alpha value is -2.45. The van der Waals surface area contributed by atoms with E-state index in [2.05, 4.69) is 9.88 Å². The van der Waals surface area contributed by atoms with E-state index >= 15 is 4.39 Å². The zero-order valence-electron chi connectivity index (χ0n) is 18.4. The van der Waals surface area contributed by atoms with Crippen molar-refractivity contribution in [2.75, 3.05) is 18.0 Å². The number of aromatic nitrogens is 1. The molecule has 1 aromatic heterocycles. The molecule has 1 amide bonds. The molecule has 0 N–H and O–H groups in total. The SMILES string of the molecule is CC1(C)OB(c2cc(F)c(CN3Cc4ncccc4C3=O)c(N3CCC3)c2)OC1(C)C. The molecule has 31 heavy (non-hydrogen) atoms. The van der Waals surface area contributed by atoms with E-state index in [9.17, 15) is 4.79 Å². The van der Waals surface area contributed by atoms with Crippen LogP contribution < -0.4 is 10.4 Å². The molecule has 6 nitrogen and oxygen atoms in total. The molecule has 5 rings (SSSR count). The van der Waals surface area contributed by atoms with E-state index in [0.29, 0.717) is 23.1 Å². The van der Waals surface area contributed by atoms with E-state index in [0.717, 1.165) is 30.9 Å². The number of hydrogen-bond acceptors (Lipinski definition) is 5. The standard InChI is InChI=1S/C23H27BFN3O3/c1-22(2)23(3,4)31-24(30-22)15-11-18(25)17(20(12-15)27-9-6-10-27)13-28-14-19-16(21(28)29)7-5-8-26-19/h5,7-8,11-12H,6,9-10,13-14H2,1-4H3. The maximum absolute atomic E-state index is 15.5. The Kier molecular flexibility index (Phi) is 4.64. The van der Waals surface area contributed by atoms with Crippen molar-refractivity contribution in [3.63, 3.8) is 0 Å². The normalized spacial score (nSPS) is 21.5. The van der Waals surface area contributed by atoms with Gasteiger partial charge < -0.3 is 19.1 Å². The van der Waals surface area contributed by atoms with Crippen molar-refractivity contribution >= 4 is 24.2 Å². The molecular formula is C23H27BFN3O3. The van der Waals surface area contributed by atoms with Crippen LogP contribution in [0.25, 0.3) is 0 Å². The molecule has 0 unspecified atom stereocenters. The molecule has 8 heteroatoms. The van der Waals surface area contributed by atoms with E-state index in [1.807, 2.05) is 33.8 Å². The van der Waals surface area contributed by atoms with Gasteiger partial charge in [-0.2, -0.15) is 0 Å². The van der Waals surface area contributed by atoms with Gasteiger partial charge in [0.05, 0.1) is 35.5 Å². The van der Waals surface area contributed by atoms with Gasteiger partial charge in [0, 0.05) is 30.5 Å². The second-order valence-electron chi connectivity index (χ2n) is 9.59. The van der Waals surface area contributed by atoms with Crippen LogP contribution in [-0.4, -0.2) is 47.2 Å². The third-order valence-corrected chi connectivity index (χ3v) is 7.01. The first-order valence-electron chi connectivity index (χ1n) is 10.8. The lowest BCUT2D eigenvalue weighted by Gasteiger charge is -2.36. The Bertz CT molecular complexity index is 1040. The van der Waals surface area contributed by atoms with E-state index in [1.165, 1.54) is 6.07 Å². The first kappa shape index (κ1) is 20.5. The average molecular weight is 423 g/mol. The summed E-state index contributed by atoms with van der Waals surface area (Å²) < 4.78 is 27.8. The maximum Gasteiger partial charge on any atom is 0.495 e. The van der Waals surface area contributed by atoms with Gasteiger partial charge in [-0.1, -0.05) is 0 Å². The number of nitrogens with zero attached hydrogens (tertiary/aromatic N) is 3. The predicted octanol–water partition coefficient (Wildman–Crippen LogP) is 2.89. The zero-order valence-corrected chi connectivity index (χ0v) is 18.4. The molecule has 0 radical (unpaired) electrons. The number of amides is 1. The Morgan fingerprint density at radius 3 is 2.48 bits per heavy atom. The van der Waals surface area contributed by atoms with Crippen molar-refractivity contribution in [1.29, 1.82) is 0 Å². The van der Waals surface area contributed by atoms with Gasteiger partial charge in [0.2, 0.25) is 0 Å². The van der Waals surface area contributed by atoms with E-state index < -0.39 is 18.3 Å². The van der Waals surface area contributed by atoms with Gasteiger partial charge in [0.15, 0.2) is 0 Å². The van der Waals surface area contributed by atoms with E-state index in [4.69, 9.17) is 9.31 Å². The van der Waals surface area contributed by atoms with E-state index in [-0.39, 0.29) is 18.3 Å². The highest BCUT2D eigenvalue weighted by atomic mass is 19.1. The summed E-state index contributed by atoms with van der Waals surface area (Å²) >= 11 is 0. The van der Waals surface area contributed by atoms with Crippen LogP contribution >= 0.6 is 0 Å². The lowest BCUT2D eigenvalue weighted by atomic mass is 9.78. The Labute approximate surface area is 182 Å². The van der Waals surface area contributed by atoms with Crippen molar-refractivity contribution in [2.24, 2.45) is 0 Å². The van der Waals surface area contributed by atoms with Crippen LogP contribution in [0.1, 0.15) is 55.7 Å². The fourth-order valence-electron chi connectivity index (χ4n) is 4.25. The highest BCUT2D eigenvalue weighted by molar-refractivity contribution is 6.62. The van der Waals surface area contributed by atoms with Crippen molar-refractivity contribution in [2.45, 2.75) is 58.4 Å². The molecule has 0 aliphatic carbocycles. The Morgan fingerprint density at radius 1 is 1.16 bits per heavy atom. The molecule has 2 fully saturated rings. The van der Waals surface area contributed by atoms with Gasteiger partial charge in [-0.15, -0.1) is 0 Å².